The van der Waals surface area contributed by atoms with Gasteiger partial charge < -0.3 is 10.6 Å². The van der Waals surface area contributed by atoms with Gasteiger partial charge in [0, 0.05) is 18.8 Å². The summed E-state index contributed by atoms with van der Waals surface area (Å²) in [6.07, 6.45) is 0. The van der Waals surface area contributed by atoms with Crippen LogP contribution in [0.1, 0.15) is 47.6 Å². The number of hydrogen-bond donors (Lipinski definition) is 1. The summed E-state index contributed by atoms with van der Waals surface area (Å²) in [5.41, 5.74) is 8.29. The molecule has 2 rings (SSSR count). The zero-order valence-corrected chi connectivity index (χ0v) is 13.4. The predicted molar refractivity (Wildman–Crippen MR) is 85.3 cm³/mol. The molecule has 0 saturated carbocycles. The molecule has 2 aromatic rings. The molecule has 0 radical (unpaired) electrons. The summed E-state index contributed by atoms with van der Waals surface area (Å²) in [5, 5.41) is 4.08. The fraction of sp³-hybridized carbons (Fsp3) is 0.400. The molecule has 21 heavy (non-hydrogen) atoms. The maximum absolute atomic E-state index is 12.7. The number of carbonyl (C=O) groups excluding carboxylic acids is 1. The van der Waals surface area contributed by atoms with Crippen molar-refractivity contribution >= 4 is 23.1 Å². The Kier molecular flexibility index (Phi) is 4.90. The fourth-order valence-corrected chi connectivity index (χ4v) is 2.89. The van der Waals surface area contributed by atoms with Gasteiger partial charge in [-0.3, -0.25) is 4.79 Å². The second-order valence-electron chi connectivity index (χ2n) is 5.21. The summed E-state index contributed by atoms with van der Waals surface area (Å²) in [7, 11) is 0. The molecule has 1 aromatic heterocycles. The number of aromatic nitrogens is 2. The number of nitrogens with two attached hydrogens (primary N) is 1. The van der Waals surface area contributed by atoms with Crippen LogP contribution in [0.25, 0.3) is 0 Å². The predicted octanol–water partition coefficient (Wildman–Crippen LogP) is 2.91. The lowest BCUT2D eigenvalue weighted by Gasteiger charge is -2.21. The minimum absolute atomic E-state index is 0.0152. The molecule has 0 bridgehead atoms. The van der Waals surface area contributed by atoms with Gasteiger partial charge in [0.1, 0.15) is 4.88 Å². The SMILES string of the molecule is CCN(Cc1cccc(N)c1)C(=O)c1snnc1C(C)C. The Morgan fingerprint density at radius 2 is 2.19 bits per heavy atom. The summed E-state index contributed by atoms with van der Waals surface area (Å²) in [5.74, 6) is 0.174. The fourth-order valence-electron chi connectivity index (χ4n) is 2.11. The maximum atomic E-state index is 12.7. The van der Waals surface area contributed by atoms with Gasteiger partial charge in [-0.25, -0.2) is 0 Å². The van der Waals surface area contributed by atoms with Gasteiger partial charge in [-0.05, 0) is 42.1 Å². The van der Waals surface area contributed by atoms with Crippen LogP contribution in [0.15, 0.2) is 24.3 Å². The molecule has 2 N–H and O–H groups in total. The standard InChI is InChI=1S/C15H20N4OS/c1-4-19(9-11-6-5-7-12(16)8-11)15(20)14-13(10(2)3)17-18-21-14/h5-8,10H,4,9,16H2,1-3H3. The van der Waals surface area contributed by atoms with Crippen LogP contribution >= 0.6 is 11.5 Å². The first-order valence-corrected chi connectivity index (χ1v) is 7.76. The number of hydrogen-bond acceptors (Lipinski definition) is 5. The highest BCUT2D eigenvalue weighted by Crippen LogP contribution is 2.22. The number of anilines is 1. The zero-order chi connectivity index (χ0) is 15.4. The minimum atomic E-state index is -0.0152. The van der Waals surface area contributed by atoms with Crippen molar-refractivity contribution in [2.24, 2.45) is 0 Å². The first kappa shape index (κ1) is 15.4. The number of nitrogen functional groups attached to an aromatic ring is 1. The number of amides is 1. The highest BCUT2D eigenvalue weighted by Gasteiger charge is 2.23. The van der Waals surface area contributed by atoms with Crippen molar-refractivity contribution < 1.29 is 4.79 Å². The van der Waals surface area contributed by atoms with E-state index in [9.17, 15) is 4.79 Å². The molecule has 0 saturated heterocycles. The van der Waals surface area contributed by atoms with Crippen LogP contribution in [0, 0.1) is 0 Å². The van der Waals surface area contributed by atoms with Gasteiger partial charge in [-0.2, -0.15) is 0 Å². The molecule has 0 aliphatic carbocycles. The van der Waals surface area contributed by atoms with E-state index in [0.717, 1.165) is 11.3 Å². The third-order valence-electron chi connectivity index (χ3n) is 3.25. The zero-order valence-electron chi connectivity index (χ0n) is 12.5. The van der Waals surface area contributed by atoms with Crippen LogP contribution < -0.4 is 5.73 Å². The van der Waals surface area contributed by atoms with Crippen LogP contribution in [-0.2, 0) is 6.54 Å². The largest absolute Gasteiger partial charge is 0.399 e. The Labute approximate surface area is 128 Å². The Hall–Kier alpha value is -1.95. The van der Waals surface area contributed by atoms with Gasteiger partial charge in [0.2, 0.25) is 0 Å². The normalized spacial score (nSPS) is 10.9. The number of benzene rings is 1. The summed E-state index contributed by atoms with van der Waals surface area (Å²) in [6.45, 7) is 7.16. The molecule has 1 amide bonds. The molecule has 0 unspecified atom stereocenters. The average Bonchev–Trinajstić information content (AvgIpc) is 2.93. The molecule has 112 valence electrons. The summed E-state index contributed by atoms with van der Waals surface area (Å²) >= 11 is 1.17. The van der Waals surface area contributed by atoms with E-state index < -0.39 is 0 Å². The average molecular weight is 304 g/mol. The Morgan fingerprint density at radius 1 is 1.43 bits per heavy atom. The van der Waals surface area contributed by atoms with Crippen LogP contribution in [0.2, 0.25) is 0 Å². The van der Waals surface area contributed by atoms with Gasteiger partial charge >= 0.3 is 0 Å². The molecule has 0 aliphatic rings. The molecular formula is C15H20N4OS. The topological polar surface area (TPSA) is 72.1 Å². The van der Waals surface area contributed by atoms with Crippen molar-refractivity contribution in [1.82, 2.24) is 14.5 Å². The molecule has 0 fully saturated rings. The summed E-state index contributed by atoms with van der Waals surface area (Å²) in [6, 6.07) is 7.60. The van der Waals surface area contributed by atoms with E-state index in [1.807, 2.05) is 45.0 Å². The van der Waals surface area contributed by atoms with Crippen molar-refractivity contribution in [2.45, 2.75) is 33.2 Å². The lowest BCUT2D eigenvalue weighted by atomic mass is 10.1. The van der Waals surface area contributed by atoms with Crippen LogP contribution in [0.4, 0.5) is 5.69 Å². The van der Waals surface area contributed by atoms with Gasteiger partial charge in [0.15, 0.2) is 0 Å². The van der Waals surface area contributed by atoms with Crippen LogP contribution in [0.5, 0.6) is 0 Å². The first-order valence-electron chi connectivity index (χ1n) is 6.98. The van der Waals surface area contributed by atoms with Crippen molar-refractivity contribution in [3.05, 3.63) is 40.4 Å². The quantitative estimate of drug-likeness (QED) is 0.862. The van der Waals surface area contributed by atoms with Crippen molar-refractivity contribution in [3.8, 4) is 0 Å². The molecule has 1 aromatic carbocycles. The summed E-state index contributed by atoms with van der Waals surface area (Å²) < 4.78 is 3.93. The minimum Gasteiger partial charge on any atom is -0.399 e. The second kappa shape index (κ2) is 6.67. The van der Waals surface area contributed by atoms with E-state index in [4.69, 9.17) is 5.73 Å². The van der Waals surface area contributed by atoms with Gasteiger partial charge in [0.25, 0.3) is 5.91 Å². The molecule has 0 atom stereocenters. The van der Waals surface area contributed by atoms with Crippen molar-refractivity contribution in [3.63, 3.8) is 0 Å². The van der Waals surface area contributed by atoms with E-state index in [1.54, 1.807) is 4.90 Å². The maximum Gasteiger partial charge on any atom is 0.267 e. The monoisotopic (exact) mass is 304 g/mol. The molecule has 1 heterocycles. The van der Waals surface area contributed by atoms with Gasteiger partial charge in [0.05, 0.1) is 5.69 Å². The third kappa shape index (κ3) is 3.58. The number of carbonyl (C=O) groups is 1. The smallest absolute Gasteiger partial charge is 0.267 e. The molecule has 0 spiro atoms. The van der Waals surface area contributed by atoms with E-state index >= 15 is 0 Å². The molecular weight excluding hydrogens is 284 g/mol. The molecule has 5 nitrogen and oxygen atoms in total. The molecule has 0 aliphatic heterocycles. The van der Waals surface area contributed by atoms with E-state index in [0.29, 0.717) is 23.7 Å². The van der Waals surface area contributed by atoms with E-state index in [2.05, 4.69) is 9.59 Å². The third-order valence-corrected chi connectivity index (χ3v) is 3.98. The van der Waals surface area contributed by atoms with E-state index in [1.165, 1.54) is 11.5 Å². The van der Waals surface area contributed by atoms with Gasteiger partial charge in [-0.1, -0.05) is 30.5 Å². The Balaban J connectivity index is 2.21. The van der Waals surface area contributed by atoms with Crippen molar-refractivity contribution in [1.29, 1.82) is 0 Å². The first-order chi connectivity index (χ1) is 10.0. The van der Waals surface area contributed by atoms with Crippen molar-refractivity contribution in [2.75, 3.05) is 12.3 Å². The number of nitrogens with zero attached hydrogens (tertiary/aromatic N) is 3. The summed E-state index contributed by atoms with van der Waals surface area (Å²) in [4.78, 5) is 15.1. The highest BCUT2D eigenvalue weighted by atomic mass is 32.1. The lowest BCUT2D eigenvalue weighted by molar-refractivity contribution is 0.0755. The highest BCUT2D eigenvalue weighted by molar-refractivity contribution is 7.08. The second-order valence-corrected chi connectivity index (χ2v) is 5.96. The number of rotatable bonds is 5. The van der Waals surface area contributed by atoms with Gasteiger partial charge in [-0.15, -0.1) is 5.10 Å². The lowest BCUT2D eigenvalue weighted by Crippen LogP contribution is -2.30. The van der Waals surface area contributed by atoms with Crippen LogP contribution in [-0.4, -0.2) is 26.9 Å². The Morgan fingerprint density at radius 3 is 2.81 bits per heavy atom. The van der Waals surface area contributed by atoms with Crippen LogP contribution in [0.3, 0.4) is 0 Å². The van der Waals surface area contributed by atoms with E-state index in [-0.39, 0.29) is 11.8 Å². The Bertz CT molecular complexity index is 624. The molecule has 6 heteroatoms.